The Morgan fingerprint density at radius 3 is 2.05 bits per heavy atom. The highest BCUT2D eigenvalue weighted by molar-refractivity contribution is 6.00. The zero-order valence-electron chi connectivity index (χ0n) is 12.4. The van der Waals surface area contributed by atoms with Gasteiger partial charge in [0, 0.05) is 11.3 Å². The number of carbonyl (C=O) groups is 1. The number of ketones is 1. The minimum atomic E-state index is -0.0106. The van der Waals surface area contributed by atoms with Gasteiger partial charge in [-0.2, -0.15) is 0 Å². The van der Waals surface area contributed by atoms with Crippen LogP contribution in [-0.4, -0.2) is 29.8 Å². The minimum Gasteiger partial charge on any atom is -0.399 e. The van der Waals surface area contributed by atoms with E-state index in [-0.39, 0.29) is 11.8 Å². The Kier molecular flexibility index (Phi) is 6.57. The summed E-state index contributed by atoms with van der Waals surface area (Å²) in [5.41, 5.74) is 7.13. The molecular formula is C16H26N2O. The maximum Gasteiger partial charge on any atom is 0.179 e. The fourth-order valence-corrected chi connectivity index (χ4v) is 2.45. The van der Waals surface area contributed by atoms with Gasteiger partial charge in [-0.25, -0.2) is 0 Å². The number of benzene rings is 1. The van der Waals surface area contributed by atoms with Crippen molar-refractivity contribution in [1.29, 1.82) is 0 Å². The number of nitrogens with zero attached hydrogens (tertiary/aromatic N) is 1. The van der Waals surface area contributed by atoms with E-state index in [1.807, 2.05) is 12.1 Å². The molecule has 0 aliphatic rings. The summed E-state index contributed by atoms with van der Waals surface area (Å²) in [6.45, 7) is 8.35. The van der Waals surface area contributed by atoms with Gasteiger partial charge in [-0.3, -0.25) is 9.69 Å². The van der Waals surface area contributed by atoms with Crippen molar-refractivity contribution < 1.29 is 4.79 Å². The molecule has 0 fully saturated rings. The van der Waals surface area contributed by atoms with E-state index in [1.165, 1.54) is 0 Å². The fourth-order valence-electron chi connectivity index (χ4n) is 2.45. The van der Waals surface area contributed by atoms with Crippen LogP contribution in [0.5, 0.6) is 0 Å². The molecule has 0 aromatic heterocycles. The second kappa shape index (κ2) is 7.95. The first kappa shape index (κ1) is 15.7. The van der Waals surface area contributed by atoms with Crippen LogP contribution in [0.3, 0.4) is 0 Å². The molecule has 3 heteroatoms. The summed E-state index contributed by atoms with van der Waals surface area (Å²) in [6, 6.07) is 7.24. The van der Waals surface area contributed by atoms with Crippen molar-refractivity contribution in [2.24, 2.45) is 0 Å². The standard InChI is InChI=1S/C16H26N2O/c1-4-11-18(12-5-2)15(6-3)16(19)13-7-9-14(17)10-8-13/h7-10,15H,4-6,11-12,17H2,1-3H3. The van der Waals surface area contributed by atoms with E-state index in [0.717, 1.165) is 37.9 Å². The molecule has 0 bridgehead atoms. The lowest BCUT2D eigenvalue weighted by Gasteiger charge is -2.29. The van der Waals surface area contributed by atoms with Gasteiger partial charge in [-0.15, -0.1) is 0 Å². The van der Waals surface area contributed by atoms with Gasteiger partial charge >= 0.3 is 0 Å². The lowest BCUT2D eigenvalue weighted by atomic mass is 10.00. The van der Waals surface area contributed by atoms with E-state index < -0.39 is 0 Å². The topological polar surface area (TPSA) is 46.3 Å². The van der Waals surface area contributed by atoms with Gasteiger partial charge in [-0.1, -0.05) is 20.8 Å². The van der Waals surface area contributed by atoms with Gasteiger partial charge < -0.3 is 5.73 Å². The number of anilines is 1. The Bertz CT molecular complexity index is 380. The molecule has 1 aromatic carbocycles. The maximum absolute atomic E-state index is 12.6. The van der Waals surface area contributed by atoms with Crippen molar-refractivity contribution in [3.63, 3.8) is 0 Å². The molecule has 0 saturated heterocycles. The number of nitrogen functional groups attached to an aromatic ring is 1. The average Bonchev–Trinajstić information content (AvgIpc) is 2.40. The third-order valence-corrected chi connectivity index (χ3v) is 3.35. The van der Waals surface area contributed by atoms with Crippen LogP contribution < -0.4 is 5.73 Å². The first-order valence-electron chi connectivity index (χ1n) is 7.27. The molecule has 0 saturated carbocycles. The summed E-state index contributed by atoms with van der Waals surface area (Å²) >= 11 is 0. The third-order valence-electron chi connectivity index (χ3n) is 3.35. The van der Waals surface area contributed by atoms with E-state index in [2.05, 4.69) is 25.7 Å². The monoisotopic (exact) mass is 262 g/mol. The Morgan fingerprint density at radius 1 is 1.11 bits per heavy atom. The zero-order valence-corrected chi connectivity index (χ0v) is 12.4. The van der Waals surface area contributed by atoms with Crippen LogP contribution in [-0.2, 0) is 0 Å². The van der Waals surface area contributed by atoms with Gasteiger partial charge in [0.05, 0.1) is 6.04 Å². The van der Waals surface area contributed by atoms with E-state index in [1.54, 1.807) is 12.1 Å². The van der Waals surface area contributed by atoms with Gasteiger partial charge in [0.15, 0.2) is 5.78 Å². The summed E-state index contributed by atoms with van der Waals surface area (Å²) in [5.74, 6) is 0.212. The van der Waals surface area contributed by atoms with Crippen LogP contribution >= 0.6 is 0 Å². The molecule has 0 spiro atoms. The number of nitrogens with two attached hydrogens (primary N) is 1. The Balaban J connectivity index is 2.87. The molecule has 3 nitrogen and oxygen atoms in total. The molecule has 0 amide bonds. The van der Waals surface area contributed by atoms with Crippen molar-refractivity contribution in [1.82, 2.24) is 4.90 Å². The lowest BCUT2D eigenvalue weighted by molar-refractivity contribution is 0.0810. The third kappa shape index (κ3) is 4.35. The largest absolute Gasteiger partial charge is 0.399 e. The molecule has 0 aliphatic heterocycles. The second-order valence-corrected chi connectivity index (χ2v) is 4.95. The lowest BCUT2D eigenvalue weighted by Crippen LogP contribution is -2.41. The molecule has 0 radical (unpaired) electrons. The highest BCUT2D eigenvalue weighted by atomic mass is 16.1. The van der Waals surface area contributed by atoms with Crippen LogP contribution in [0.4, 0.5) is 5.69 Å². The molecular weight excluding hydrogens is 236 g/mol. The number of hydrogen-bond acceptors (Lipinski definition) is 3. The van der Waals surface area contributed by atoms with E-state index >= 15 is 0 Å². The number of rotatable bonds is 8. The average molecular weight is 262 g/mol. The highest BCUT2D eigenvalue weighted by Gasteiger charge is 2.23. The summed E-state index contributed by atoms with van der Waals surface area (Å²) in [7, 11) is 0. The van der Waals surface area contributed by atoms with Crippen LogP contribution in [0, 0.1) is 0 Å². The molecule has 1 rings (SSSR count). The number of hydrogen-bond donors (Lipinski definition) is 1. The van der Waals surface area contributed by atoms with Crippen LogP contribution in [0.15, 0.2) is 24.3 Å². The van der Waals surface area contributed by atoms with Crippen LogP contribution in [0.2, 0.25) is 0 Å². The molecule has 1 unspecified atom stereocenters. The van der Waals surface area contributed by atoms with Crippen LogP contribution in [0.1, 0.15) is 50.4 Å². The first-order chi connectivity index (χ1) is 9.13. The molecule has 1 aromatic rings. The summed E-state index contributed by atoms with van der Waals surface area (Å²) < 4.78 is 0. The number of Topliss-reactive ketones (excluding diaryl/α,β-unsaturated/α-hetero) is 1. The van der Waals surface area contributed by atoms with Crippen LogP contribution in [0.25, 0.3) is 0 Å². The van der Waals surface area contributed by atoms with Gasteiger partial charge in [0.2, 0.25) is 0 Å². The van der Waals surface area contributed by atoms with Crippen molar-refractivity contribution in [3.05, 3.63) is 29.8 Å². The molecule has 19 heavy (non-hydrogen) atoms. The predicted molar refractivity (Wildman–Crippen MR) is 81.4 cm³/mol. The predicted octanol–water partition coefficient (Wildman–Crippen LogP) is 3.35. The Hall–Kier alpha value is -1.35. The normalized spacial score (nSPS) is 12.6. The summed E-state index contributed by atoms with van der Waals surface area (Å²) in [5, 5.41) is 0. The Morgan fingerprint density at radius 2 is 1.63 bits per heavy atom. The first-order valence-corrected chi connectivity index (χ1v) is 7.27. The van der Waals surface area contributed by atoms with Gasteiger partial charge in [0.1, 0.15) is 0 Å². The zero-order chi connectivity index (χ0) is 14.3. The van der Waals surface area contributed by atoms with Crippen molar-refractivity contribution in [2.45, 2.75) is 46.1 Å². The smallest absolute Gasteiger partial charge is 0.179 e. The van der Waals surface area contributed by atoms with Crippen molar-refractivity contribution in [3.8, 4) is 0 Å². The molecule has 1 atom stereocenters. The van der Waals surface area contributed by atoms with Gasteiger partial charge in [0.25, 0.3) is 0 Å². The van der Waals surface area contributed by atoms with Crippen molar-refractivity contribution >= 4 is 11.5 Å². The Labute approximate surface area is 116 Å². The van der Waals surface area contributed by atoms with E-state index in [4.69, 9.17) is 5.73 Å². The maximum atomic E-state index is 12.6. The second-order valence-electron chi connectivity index (χ2n) is 4.95. The summed E-state index contributed by atoms with van der Waals surface area (Å²) in [6.07, 6.45) is 3.00. The van der Waals surface area contributed by atoms with E-state index in [9.17, 15) is 4.79 Å². The minimum absolute atomic E-state index is 0.0106. The molecule has 0 aliphatic carbocycles. The fraction of sp³-hybridized carbons (Fsp3) is 0.562. The van der Waals surface area contributed by atoms with E-state index in [0.29, 0.717) is 5.69 Å². The number of carbonyl (C=O) groups excluding carboxylic acids is 1. The quantitative estimate of drug-likeness (QED) is 0.577. The van der Waals surface area contributed by atoms with Gasteiger partial charge in [-0.05, 0) is 56.6 Å². The molecule has 106 valence electrons. The summed E-state index contributed by atoms with van der Waals surface area (Å²) in [4.78, 5) is 14.9. The highest BCUT2D eigenvalue weighted by Crippen LogP contribution is 2.15. The molecule has 0 heterocycles. The molecule has 2 N–H and O–H groups in total. The SMILES string of the molecule is CCCN(CCC)C(CC)C(=O)c1ccc(N)cc1. The van der Waals surface area contributed by atoms with Crippen molar-refractivity contribution in [2.75, 3.05) is 18.8 Å².